The Morgan fingerprint density at radius 3 is 2.64 bits per heavy atom. The molecule has 0 saturated heterocycles. The van der Waals surface area contributed by atoms with Crippen LogP contribution in [0.5, 0.6) is 0 Å². The summed E-state index contributed by atoms with van der Waals surface area (Å²) in [4.78, 5) is 14.9. The van der Waals surface area contributed by atoms with E-state index >= 15 is 0 Å². The first-order chi connectivity index (χ1) is 9.78. The van der Waals surface area contributed by atoms with Crippen molar-refractivity contribution in [2.45, 2.75) is 25.0 Å². The van der Waals surface area contributed by atoms with Crippen molar-refractivity contribution in [3.8, 4) is 0 Å². The number of alkyl halides is 2. The van der Waals surface area contributed by atoms with Crippen molar-refractivity contribution in [2.24, 2.45) is 16.5 Å². The van der Waals surface area contributed by atoms with Gasteiger partial charge in [0.1, 0.15) is 17.8 Å². The summed E-state index contributed by atoms with van der Waals surface area (Å²) in [6.45, 7) is 0.996. The lowest BCUT2D eigenvalue weighted by Crippen LogP contribution is -2.48. The smallest absolute Gasteiger partial charge is 0.269 e. The molecule has 0 fully saturated rings. The quantitative estimate of drug-likeness (QED) is 0.877. The molecule has 122 valence electrons. The molecule has 1 aliphatic heterocycles. The maximum atomic E-state index is 14.0. The molecule has 1 aliphatic rings. The van der Waals surface area contributed by atoms with Gasteiger partial charge in [0, 0.05) is 11.1 Å². The number of halogens is 4. The molecule has 5 nitrogen and oxygen atoms in total. The van der Waals surface area contributed by atoms with Gasteiger partial charge in [-0.3, -0.25) is 9.79 Å². The second kappa shape index (κ2) is 6.53. The molecule has 22 heavy (non-hydrogen) atoms. The molecular weight excluding hydrogens is 323 g/mol. The predicted molar refractivity (Wildman–Crippen MR) is 76.9 cm³/mol. The van der Waals surface area contributed by atoms with Crippen LogP contribution >= 0.6 is 12.4 Å². The van der Waals surface area contributed by atoms with Gasteiger partial charge in [0.05, 0.1) is 6.61 Å². The maximum Gasteiger partial charge on any atom is 0.269 e. The zero-order valence-electron chi connectivity index (χ0n) is 11.6. The van der Waals surface area contributed by atoms with E-state index in [0.29, 0.717) is 0 Å². The molecular formula is C13H15ClF3N3O2. The number of nitrogens with two attached hydrogens (primary N) is 2. The molecule has 1 aromatic rings. The summed E-state index contributed by atoms with van der Waals surface area (Å²) in [6.07, 6.45) is -3.71. The lowest BCUT2D eigenvalue weighted by Gasteiger charge is -2.35. The molecule has 0 bridgehead atoms. The van der Waals surface area contributed by atoms with Crippen LogP contribution in [0.1, 0.15) is 22.8 Å². The minimum atomic E-state index is -3.07. The molecule has 0 radical (unpaired) electrons. The van der Waals surface area contributed by atoms with Gasteiger partial charge in [-0.25, -0.2) is 13.2 Å². The Morgan fingerprint density at radius 1 is 1.50 bits per heavy atom. The van der Waals surface area contributed by atoms with Crippen molar-refractivity contribution in [1.82, 2.24) is 0 Å². The highest BCUT2D eigenvalue weighted by Gasteiger charge is 2.47. The largest absolute Gasteiger partial charge is 0.385 e. The number of amidine groups is 1. The number of nitrogens with zero attached hydrogens (tertiary/aromatic N) is 1. The van der Waals surface area contributed by atoms with Gasteiger partial charge in [0.25, 0.3) is 6.43 Å². The first-order valence-corrected chi connectivity index (χ1v) is 6.12. The maximum absolute atomic E-state index is 14.0. The molecule has 0 aromatic heterocycles. The van der Waals surface area contributed by atoms with Crippen molar-refractivity contribution in [1.29, 1.82) is 0 Å². The van der Waals surface area contributed by atoms with Crippen LogP contribution in [0.15, 0.2) is 23.2 Å². The Bertz CT molecular complexity index is 612. The Kier molecular flexibility index (Phi) is 5.42. The molecule has 2 atom stereocenters. The number of amides is 1. The number of rotatable bonds is 3. The van der Waals surface area contributed by atoms with Gasteiger partial charge >= 0.3 is 0 Å². The van der Waals surface area contributed by atoms with Gasteiger partial charge in [-0.1, -0.05) is 0 Å². The normalized spacial score (nSPS) is 24.6. The van der Waals surface area contributed by atoms with E-state index in [9.17, 15) is 18.0 Å². The molecule has 0 saturated carbocycles. The second-order valence-corrected chi connectivity index (χ2v) is 4.77. The lowest BCUT2D eigenvalue weighted by molar-refractivity contribution is -0.0340. The highest BCUT2D eigenvalue weighted by atomic mass is 35.5. The fourth-order valence-corrected chi connectivity index (χ4v) is 2.07. The summed E-state index contributed by atoms with van der Waals surface area (Å²) in [5, 5.41) is 0. The number of ether oxygens (including phenoxy) is 1. The summed E-state index contributed by atoms with van der Waals surface area (Å²) in [7, 11) is 0. The Hall–Kier alpha value is -1.80. The monoisotopic (exact) mass is 337 g/mol. The van der Waals surface area contributed by atoms with E-state index in [0.717, 1.165) is 18.2 Å². The molecule has 1 heterocycles. The van der Waals surface area contributed by atoms with E-state index < -0.39 is 42.0 Å². The number of primary amides is 1. The summed E-state index contributed by atoms with van der Waals surface area (Å²) in [6, 6.07) is 2.96. The van der Waals surface area contributed by atoms with Crippen LogP contribution in [0.25, 0.3) is 0 Å². The number of benzene rings is 1. The Balaban J connectivity index is 0.00000242. The van der Waals surface area contributed by atoms with Crippen LogP contribution in [-0.4, -0.2) is 30.9 Å². The standard InChI is InChI=1S/C13H14F3N3O2.ClH/c1-6-10(17)19-13(5-21-6,12(15)16)8-4-7(11(18)20)2-3-9(8)14;/h2-4,6,12H,5H2,1H3,(H2,17,19)(H2,18,20);1H/t6-,13+;/m1./s1. The topological polar surface area (TPSA) is 90.7 Å². The van der Waals surface area contributed by atoms with Crippen molar-refractivity contribution >= 4 is 24.1 Å². The van der Waals surface area contributed by atoms with Crippen LogP contribution in [0, 0.1) is 5.82 Å². The first kappa shape index (κ1) is 18.2. The molecule has 1 amide bonds. The number of hydrogen-bond donors (Lipinski definition) is 2. The van der Waals surface area contributed by atoms with Crippen molar-refractivity contribution in [2.75, 3.05) is 6.61 Å². The molecule has 1 aromatic carbocycles. The van der Waals surface area contributed by atoms with Gasteiger partial charge in [-0.2, -0.15) is 0 Å². The van der Waals surface area contributed by atoms with Gasteiger partial charge < -0.3 is 16.2 Å². The summed E-state index contributed by atoms with van der Waals surface area (Å²) in [5.41, 5.74) is 7.79. The number of carbonyl (C=O) groups excluding carboxylic acids is 1. The fourth-order valence-electron chi connectivity index (χ4n) is 2.07. The first-order valence-electron chi connectivity index (χ1n) is 6.12. The van der Waals surface area contributed by atoms with Crippen LogP contribution < -0.4 is 11.5 Å². The lowest BCUT2D eigenvalue weighted by atomic mass is 9.88. The SMILES string of the molecule is C[C@H]1OC[C@](c2cc(C(N)=O)ccc2F)(C(F)F)N=C1N.Cl. The summed E-state index contributed by atoms with van der Waals surface area (Å²) < 4.78 is 46.3. The molecule has 0 unspecified atom stereocenters. The number of carbonyl (C=O) groups is 1. The van der Waals surface area contributed by atoms with E-state index in [4.69, 9.17) is 16.2 Å². The highest BCUT2D eigenvalue weighted by molar-refractivity contribution is 5.93. The predicted octanol–water partition coefficient (Wildman–Crippen LogP) is 1.58. The minimum absolute atomic E-state index is 0. The third kappa shape index (κ3) is 3.02. The number of hydrogen-bond acceptors (Lipinski definition) is 4. The van der Waals surface area contributed by atoms with Crippen LogP contribution in [0.2, 0.25) is 0 Å². The van der Waals surface area contributed by atoms with Crippen LogP contribution in [0.4, 0.5) is 13.2 Å². The average molecular weight is 338 g/mol. The van der Waals surface area contributed by atoms with Gasteiger partial charge in [-0.05, 0) is 25.1 Å². The third-order valence-electron chi connectivity index (χ3n) is 3.38. The van der Waals surface area contributed by atoms with Gasteiger partial charge in [0.15, 0.2) is 5.54 Å². The molecule has 4 N–H and O–H groups in total. The summed E-state index contributed by atoms with van der Waals surface area (Å²) >= 11 is 0. The number of aliphatic imine (C=N–C) groups is 1. The van der Waals surface area contributed by atoms with Gasteiger partial charge in [-0.15, -0.1) is 12.4 Å². The van der Waals surface area contributed by atoms with Gasteiger partial charge in [0.2, 0.25) is 5.91 Å². The van der Waals surface area contributed by atoms with Crippen molar-refractivity contribution < 1.29 is 22.7 Å². The van der Waals surface area contributed by atoms with E-state index in [-0.39, 0.29) is 23.8 Å². The Labute approximate surface area is 130 Å². The van der Waals surface area contributed by atoms with Crippen LogP contribution in [-0.2, 0) is 10.3 Å². The molecule has 2 rings (SSSR count). The van der Waals surface area contributed by atoms with E-state index in [2.05, 4.69) is 4.99 Å². The minimum Gasteiger partial charge on any atom is -0.385 e. The molecule has 0 spiro atoms. The summed E-state index contributed by atoms with van der Waals surface area (Å²) in [5.74, 6) is -1.96. The fraction of sp³-hybridized carbons (Fsp3) is 0.385. The molecule has 9 heteroatoms. The average Bonchev–Trinajstić information content (AvgIpc) is 2.42. The van der Waals surface area contributed by atoms with E-state index in [1.807, 2.05) is 0 Å². The van der Waals surface area contributed by atoms with Crippen LogP contribution in [0.3, 0.4) is 0 Å². The van der Waals surface area contributed by atoms with Crippen molar-refractivity contribution in [3.05, 3.63) is 35.1 Å². The molecule has 0 aliphatic carbocycles. The zero-order chi connectivity index (χ0) is 15.8. The van der Waals surface area contributed by atoms with E-state index in [1.165, 1.54) is 0 Å². The van der Waals surface area contributed by atoms with Crippen molar-refractivity contribution in [3.63, 3.8) is 0 Å². The zero-order valence-corrected chi connectivity index (χ0v) is 12.4. The van der Waals surface area contributed by atoms with E-state index in [1.54, 1.807) is 6.92 Å². The third-order valence-corrected chi connectivity index (χ3v) is 3.38. The Morgan fingerprint density at radius 2 is 2.14 bits per heavy atom. The highest BCUT2D eigenvalue weighted by Crippen LogP contribution is 2.38. The second-order valence-electron chi connectivity index (χ2n) is 4.77.